The number of hydrogen-bond acceptors (Lipinski definition) is 3. The van der Waals surface area contributed by atoms with E-state index in [1.165, 1.54) is 0 Å². The minimum Gasteiger partial charge on any atom is -0.399 e. The molecular formula is C17H27N3O. The van der Waals surface area contributed by atoms with Crippen molar-refractivity contribution in [3.05, 3.63) is 29.8 Å². The lowest BCUT2D eigenvalue weighted by molar-refractivity contribution is -0.130. The molecule has 2 rings (SSSR count). The lowest BCUT2D eigenvalue weighted by Crippen LogP contribution is -2.31. The third kappa shape index (κ3) is 4.46. The van der Waals surface area contributed by atoms with Crippen molar-refractivity contribution in [1.82, 2.24) is 9.80 Å². The Labute approximate surface area is 127 Å². The smallest absolute Gasteiger partial charge is 0.222 e. The normalized spacial score (nSPS) is 18.4. The Morgan fingerprint density at radius 3 is 2.90 bits per heavy atom. The highest BCUT2D eigenvalue weighted by Gasteiger charge is 2.26. The number of anilines is 1. The molecule has 0 radical (unpaired) electrons. The zero-order valence-corrected chi connectivity index (χ0v) is 13.2. The van der Waals surface area contributed by atoms with Crippen LogP contribution in [0.3, 0.4) is 0 Å². The van der Waals surface area contributed by atoms with Gasteiger partial charge in [0.2, 0.25) is 5.91 Å². The number of rotatable bonds is 6. The first-order chi connectivity index (χ1) is 10.1. The molecule has 2 N–H and O–H groups in total. The third-order valence-electron chi connectivity index (χ3n) is 4.41. The van der Waals surface area contributed by atoms with Gasteiger partial charge in [-0.3, -0.25) is 4.79 Å². The maximum atomic E-state index is 12.3. The summed E-state index contributed by atoms with van der Waals surface area (Å²) >= 11 is 0. The summed E-state index contributed by atoms with van der Waals surface area (Å²) < 4.78 is 0. The maximum absolute atomic E-state index is 12.3. The Balaban J connectivity index is 1.78. The van der Waals surface area contributed by atoms with E-state index in [9.17, 15) is 4.79 Å². The Hall–Kier alpha value is -1.55. The van der Waals surface area contributed by atoms with Gasteiger partial charge in [0.15, 0.2) is 0 Å². The molecule has 0 aromatic heterocycles. The summed E-state index contributed by atoms with van der Waals surface area (Å²) in [7, 11) is 2.14. The summed E-state index contributed by atoms with van der Waals surface area (Å²) in [4.78, 5) is 16.6. The fourth-order valence-corrected chi connectivity index (χ4v) is 2.94. The molecule has 0 spiro atoms. The molecule has 1 aliphatic rings. The van der Waals surface area contributed by atoms with Gasteiger partial charge in [-0.15, -0.1) is 0 Å². The van der Waals surface area contributed by atoms with Crippen LogP contribution in [0.15, 0.2) is 24.3 Å². The van der Waals surface area contributed by atoms with Gasteiger partial charge < -0.3 is 15.5 Å². The quantitative estimate of drug-likeness (QED) is 0.815. The molecule has 4 heteroatoms. The van der Waals surface area contributed by atoms with Crippen LogP contribution >= 0.6 is 0 Å². The van der Waals surface area contributed by atoms with Crippen molar-refractivity contribution in [3.63, 3.8) is 0 Å². The highest BCUT2D eigenvalue weighted by Crippen LogP contribution is 2.19. The molecular weight excluding hydrogens is 262 g/mol. The maximum Gasteiger partial charge on any atom is 0.222 e. The summed E-state index contributed by atoms with van der Waals surface area (Å²) in [5, 5.41) is 0. The van der Waals surface area contributed by atoms with E-state index in [0.29, 0.717) is 12.3 Å². The van der Waals surface area contributed by atoms with Crippen molar-refractivity contribution >= 4 is 11.6 Å². The number of carbonyl (C=O) groups is 1. The Morgan fingerprint density at radius 1 is 1.43 bits per heavy atom. The lowest BCUT2D eigenvalue weighted by Gasteiger charge is -2.20. The SMILES string of the molecule is CCN(C)CC1CCN(C(=O)CCc2ccccc2N)C1. The van der Waals surface area contributed by atoms with Crippen LogP contribution < -0.4 is 5.73 Å². The van der Waals surface area contributed by atoms with Crippen molar-refractivity contribution in [2.24, 2.45) is 5.92 Å². The van der Waals surface area contributed by atoms with Crippen LogP contribution in [0, 0.1) is 5.92 Å². The highest BCUT2D eigenvalue weighted by molar-refractivity contribution is 5.77. The van der Waals surface area contributed by atoms with Crippen LogP contribution in [-0.2, 0) is 11.2 Å². The molecule has 0 aliphatic carbocycles. The van der Waals surface area contributed by atoms with E-state index >= 15 is 0 Å². The van der Waals surface area contributed by atoms with Gasteiger partial charge in [-0.05, 0) is 44.0 Å². The van der Waals surface area contributed by atoms with Crippen molar-refractivity contribution in [3.8, 4) is 0 Å². The molecule has 4 nitrogen and oxygen atoms in total. The van der Waals surface area contributed by atoms with Crippen LogP contribution in [0.2, 0.25) is 0 Å². The summed E-state index contributed by atoms with van der Waals surface area (Å²) in [6, 6.07) is 7.80. The standard InChI is InChI=1S/C17H27N3O/c1-3-19(2)12-14-10-11-20(13-14)17(21)9-8-15-6-4-5-7-16(15)18/h4-7,14H,3,8-13,18H2,1-2H3. The van der Waals surface area contributed by atoms with Gasteiger partial charge in [0.05, 0.1) is 0 Å². The molecule has 1 unspecified atom stereocenters. The molecule has 0 saturated carbocycles. The van der Waals surface area contributed by atoms with Crippen molar-refractivity contribution in [1.29, 1.82) is 0 Å². The summed E-state index contributed by atoms with van der Waals surface area (Å²) in [5.74, 6) is 0.889. The van der Waals surface area contributed by atoms with Crippen LogP contribution in [0.5, 0.6) is 0 Å². The van der Waals surface area contributed by atoms with Gasteiger partial charge >= 0.3 is 0 Å². The number of likely N-dealkylation sites (tertiary alicyclic amines) is 1. The van der Waals surface area contributed by atoms with E-state index in [1.54, 1.807) is 0 Å². The summed E-state index contributed by atoms with van der Waals surface area (Å²) in [6.45, 7) is 6.14. The van der Waals surface area contributed by atoms with Crippen LogP contribution in [0.1, 0.15) is 25.3 Å². The number of amides is 1. The van der Waals surface area contributed by atoms with Gasteiger partial charge in [-0.2, -0.15) is 0 Å². The molecule has 116 valence electrons. The molecule has 1 aliphatic heterocycles. The Bertz CT molecular complexity index is 475. The average molecular weight is 289 g/mol. The monoisotopic (exact) mass is 289 g/mol. The first-order valence-corrected chi connectivity index (χ1v) is 7.89. The fourth-order valence-electron chi connectivity index (χ4n) is 2.94. The number of nitrogens with zero attached hydrogens (tertiary/aromatic N) is 2. The van der Waals surface area contributed by atoms with Gasteiger partial charge in [0.25, 0.3) is 0 Å². The number of nitrogen functional groups attached to an aromatic ring is 1. The number of nitrogens with two attached hydrogens (primary N) is 1. The second kappa shape index (κ2) is 7.46. The fraction of sp³-hybridized carbons (Fsp3) is 0.588. The molecule has 1 saturated heterocycles. The molecule has 1 amide bonds. The number of para-hydroxylation sites is 1. The van der Waals surface area contributed by atoms with Crippen LogP contribution in [0.4, 0.5) is 5.69 Å². The summed E-state index contributed by atoms with van der Waals surface area (Å²) in [6.07, 6.45) is 2.43. The Morgan fingerprint density at radius 2 is 2.19 bits per heavy atom. The molecule has 0 bridgehead atoms. The second-order valence-electron chi connectivity index (χ2n) is 6.05. The first kappa shape index (κ1) is 15.8. The zero-order chi connectivity index (χ0) is 15.2. The van der Waals surface area contributed by atoms with Gasteiger partial charge in [-0.25, -0.2) is 0 Å². The molecule has 1 aromatic rings. The number of aryl methyl sites for hydroxylation is 1. The first-order valence-electron chi connectivity index (χ1n) is 7.89. The van der Waals surface area contributed by atoms with E-state index in [2.05, 4.69) is 18.9 Å². The topological polar surface area (TPSA) is 49.6 Å². The average Bonchev–Trinajstić information content (AvgIpc) is 2.94. The molecule has 1 aromatic carbocycles. The predicted octanol–water partition coefficient (Wildman–Crippen LogP) is 2.00. The molecule has 1 fully saturated rings. The third-order valence-corrected chi connectivity index (χ3v) is 4.41. The van der Waals surface area contributed by atoms with E-state index in [0.717, 1.165) is 50.3 Å². The van der Waals surface area contributed by atoms with E-state index in [-0.39, 0.29) is 5.91 Å². The van der Waals surface area contributed by atoms with E-state index < -0.39 is 0 Å². The van der Waals surface area contributed by atoms with E-state index in [4.69, 9.17) is 5.73 Å². The van der Waals surface area contributed by atoms with Crippen molar-refractivity contribution in [2.45, 2.75) is 26.2 Å². The molecule has 1 atom stereocenters. The summed E-state index contributed by atoms with van der Waals surface area (Å²) in [5.41, 5.74) is 7.78. The van der Waals surface area contributed by atoms with Crippen LogP contribution in [0.25, 0.3) is 0 Å². The van der Waals surface area contributed by atoms with Gasteiger partial charge in [-0.1, -0.05) is 25.1 Å². The van der Waals surface area contributed by atoms with Crippen molar-refractivity contribution in [2.75, 3.05) is 39.0 Å². The van der Waals surface area contributed by atoms with Crippen LogP contribution in [-0.4, -0.2) is 48.9 Å². The number of hydrogen-bond donors (Lipinski definition) is 1. The number of carbonyl (C=O) groups excluding carboxylic acids is 1. The largest absolute Gasteiger partial charge is 0.399 e. The minimum absolute atomic E-state index is 0.264. The van der Waals surface area contributed by atoms with Crippen molar-refractivity contribution < 1.29 is 4.79 Å². The predicted molar refractivity (Wildman–Crippen MR) is 87.0 cm³/mol. The minimum atomic E-state index is 0.264. The van der Waals surface area contributed by atoms with Gasteiger partial charge in [0.1, 0.15) is 0 Å². The Kier molecular flexibility index (Phi) is 5.62. The zero-order valence-electron chi connectivity index (χ0n) is 13.2. The highest BCUT2D eigenvalue weighted by atomic mass is 16.2. The van der Waals surface area contributed by atoms with Gasteiger partial charge in [0, 0.05) is 31.7 Å². The number of benzene rings is 1. The van der Waals surface area contributed by atoms with E-state index in [1.807, 2.05) is 29.2 Å². The second-order valence-corrected chi connectivity index (χ2v) is 6.05. The molecule has 21 heavy (non-hydrogen) atoms. The molecule has 1 heterocycles. The lowest BCUT2D eigenvalue weighted by atomic mass is 10.1.